The first-order valence-corrected chi connectivity index (χ1v) is 8.58. The smallest absolute Gasteiger partial charge is 0.318 e. The average Bonchev–Trinajstić information content (AvgIpc) is 3.04. The van der Waals surface area contributed by atoms with Crippen molar-refractivity contribution >= 4 is 11.9 Å². The van der Waals surface area contributed by atoms with Gasteiger partial charge in [-0.2, -0.15) is 5.10 Å². The standard InChI is InChI=1S/C18H23N5O3/c1-13(21-18(25)22-9-3-8-19-17(24)12-22)14-10-20-23(11-14)15-4-6-16(26-2)7-5-15/h4-7,10-11,13H,3,8-9,12H2,1-2H3,(H,19,24)(H,21,25). The molecule has 0 saturated carbocycles. The number of carbonyl (C=O) groups is 2. The molecular formula is C18H23N5O3. The quantitative estimate of drug-likeness (QED) is 0.867. The van der Waals surface area contributed by atoms with Crippen LogP contribution in [0.25, 0.3) is 5.69 Å². The van der Waals surface area contributed by atoms with Crippen molar-refractivity contribution in [2.45, 2.75) is 19.4 Å². The lowest BCUT2D eigenvalue weighted by molar-refractivity contribution is -0.121. The zero-order valence-electron chi connectivity index (χ0n) is 14.9. The van der Waals surface area contributed by atoms with Gasteiger partial charge in [-0.15, -0.1) is 0 Å². The predicted octanol–water partition coefficient (Wildman–Crippen LogP) is 1.47. The molecule has 8 heteroatoms. The number of urea groups is 1. The van der Waals surface area contributed by atoms with Crippen LogP contribution in [0.2, 0.25) is 0 Å². The molecule has 1 aromatic heterocycles. The Labute approximate surface area is 152 Å². The molecule has 1 aromatic carbocycles. The lowest BCUT2D eigenvalue weighted by atomic mass is 10.2. The summed E-state index contributed by atoms with van der Waals surface area (Å²) in [5.74, 6) is 0.654. The van der Waals surface area contributed by atoms with Crippen molar-refractivity contribution in [3.05, 3.63) is 42.2 Å². The second kappa shape index (κ2) is 7.90. The number of nitrogens with one attached hydrogen (secondary N) is 2. The van der Waals surface area contributed by atoms with Gasteiger partial charge in [0.15, 0.2) is 0 Å². The fourth-order valence-electron chi connectivity index (χ4n) is 2.78. The van der Waals surface area contributed by atoms with E-state index in [2.05, 4.69) is 15.7 Å². The molecule has 1 fully saturated rings. The number of benzene rings is 1. The Morgan fingerprint density at radius 2 is 2.12 bits per heavy atom. The molecule has 3 amide bonds. The number of ether oxygens (including phenoxy) is 1. The van der Waals surface area contributed by atoms with Crippen LogP contribution in [0, 0.1) is 0 Å². The van der Waals surface area contributed by atoms with Crippen molar-refractivity contribution < 1.29 is 14.3 Å². The van der Waals surface area contributed by atoms with Crippen molar-refractivity contribution in [1.82, 2.24) is 25.3 Å². The van der Waals surface area contributed by atoms with Crippen molar-refractivity contribution in [3.8, 4) is 11.4 Å². The fraction of sp³-hybridized carbons (Fsp3) is 0.389. The number of amides is 3. The third-order valence-corrected chi connectivity index (χ3v) is 4.33. The van der Waals surface area contributed by atoms with E-state index in [1.165, 1.54) is 4.90 Å². The van der Waals surface area contributed by atoms with Crippen molar-refractivity contribution in [2.24, 2.45) is 0 Å². The highest BCUT2D eigenvalue weighted by Gasteiger charge is 2.21. The van der Waals surface area contributed by atoms with Crippen LogP contribution in [0.5, 0.6) is 5.75 Å². The van der Waals surface area contributed by atoms with Gasteiger partial charge in [0.05, 0.1) is 25.0 Å². The maximum absolute atomic E-state index is 12.4. The summed E-state index contributed by atoms with van der Waals surface area (Å²) in [4.78, 5) is 25.6. The molecular weight excluding hydrogens is 334 g/mol. The maximum Gasteiger partial charge on any atom is 0.318 e. The molecule has 1 saturated heterocycles. The Balaban J connectivity index is 1.64. The van der Waals surface area contributed by atoms with E-state index >= 15 is 0 Å². The summed E-state index contributed by atoms with van der Waals surface area (Å²) in [6.45, 7) is 3.14. The number of aromatic nitrogens is 2. The Bertz CT molecular complexity index is 771. The first kappa shape index (κ1) is 17.8. The molecule has 2 heterocycles. The Morgan fingerprint density at radius 1 is 1.35 bits per heavy atom. The fourth-order valence-corrected chi connectivity index (χ4v) is 2.78. The lowest BCUT2D eigenvalue weighted by Crippen LogP contribution is -2.44. The van der Waals surface area contributed by atoms with E-state index in [-0.39, 0.29) is 24.5 Å². The summed E-state index contributed by atoms with van der Waals surface area (Å²) in [5, 5.41) is 10.0. The number of nitrogens with zero attached hydrogens (tertiary/aromatic N) is 3. The highest BCUT2D eigenvalue weighted by Crippen LogP contribution is 2.17. The largest absolute Gasteiger partial charge is 0.497 e. The van der Waals surface area contributed by atoms with Crippen molar-refractivity contribution in [1.29, 1.82) is 0 Å². The molecule has 0 bridgehead atoms. The summed E-state index contributed by atoms with van der Waals surface area (Å²) in [6, 6.07) is 7.09. The summed E-state index contributed by atoms with van der Waals surface area (Å²) in [7, 11) is 1.62. The number of hydrogen-bond donors (Lipinski definition) is 2. The molecule has 1 aliphatic heterocycles. The van der Waals surface area contributed by atoms with E-state index in [9.17, 15) is 9.59 Å². The molecule has 0 spiro atoms. The van der Waals surface area contributed by atoms with Crippen LogP contribution in [-0.2, 0) is 4.79 Å². The number of carbonyl (C=O) groups excluding carboxylic acids is 2. The minimum atomic E-state index is -0.244. The monoisotopic (exact) mass is 357 g/mol. The molecule has 2 aromatic rings. The highest BCUT2D eigenvalue weighted by molar-refractivity contribution is 5.84. The van der Waals surface area contributed by atoms with Gasteiger partial charge in [0.25, 0.3) is 0 Å². The van der Waals surface area contributed by atoms with E-state index in [0.29, 0.717) is 13.1 Å². The van der Waals surface area contributed by atoms with E-state index in [0.717, 1.165) is 23.4 Å². The van der Waals surface area contributed by atoms with E-state index in [1.54, 1.807) is 18.0 Å². The molecule has 2 N–H and O–H groups in total. The van der Waals surface area contributed by atoms with Crippen LogP contribution >= 0.6 is 0 Å². The van der Waals surface area contributed by atoms with Gasteiger partial charge in [0.2, 0.25) is 5.91 Å². The van der Waals surface area contributed by atoms with Gasteiger partial charge in [0.1, 0.15) is 12.3 Å². The minimum Gasteiger partial charge on any atom is -0.497 e. The molecule has 0 radical (unpaired) electrons. The molecule has 1 atom stereocenters. The van der Waals surface area contributed by atoms with Crippen LogP contribution in [0.1, 0.15) is 24.9 Å². The highest BCUT2D eigenvalue weighted by atomic mass is 16.5. The molecule has 26 heavy (non-hydrogen) atoms. The van der Waals surface area contributed by atoms with Gasteiger partial charge in [-0.05, 0) is 37.6 Å². The maximum atomic E-state index is 12.4. The zero-order chi connectivity index (χ0) is 18.5. The van der Waals surface area contributed by atoms with Crippen LogP contribution in [0.4, 0.5) is 4.79 Å². The van der Waals surface area contributed by atoms with Crippen LogP contribution in [0.15, 0.2) is 36.7 Å². The van der Waals surface area contributed by atoms with Gasteiger partial charge in [-0.1, -0.05) is 0 Å². The molecule has 3 rings (SSSR count). The third kappa shape index (κ3) is 4.14. The molecule has 1 aliphatic rings. The Kier molecular flexibility index (Phi) is 5.40. The van der Waals surface area contributed by atoms with Gasteiger partial charge in [-0.3, -0.25) is 4.79 Å². The first-order valence-electron chi connectivity index (χ1n) is 8.58. The average molecular weight is 357 g/mol. The van der Waals surface area contributed by atoms with Crippen LogP contribution in [-0.4, -0.2) is 53.4 Å². The summed E-state index contributed by atoms with van der Waals surface area (Å²) in [6.07, 6.45) is 4.36. The van der Waals surface area contributed by atoms with Crippen molar-refractivity contribution in [2.75, 3.05) is 26.7 Å². The summed E-state index contributed by atoms with van der Waals surface area (Å²) >= 11 is 0. The molecule has 138 valence electrons. The van der Waals surface area contributed by atoms with E-state index in [4.69, 9.17) is 4.74 Å². The summed E-state index contributed by atoms with van der Waals surface area (Å²) in [5.41, 5.74) is 1.79. The lowest BCUT2D eigenvalue weighted by Gasteiger charge is -2.22. The van der Waals surface area contributed by atoms with Gasteiger partial charge < -0.3 is 20.3 Å². The third-order valence-electron chi connectivity index (χ3n) is 4.33. The van der Waals surface area contributed by atoms with Crippen LogP contribution in [0.3, 0.4) is 0 Å². The SMILES string of the molecule is COc1ccc(-n2cc(C(C)NC(=O)N3CCCNC(=O)C3)cn2)cc1. The van der Waals surface area contributed by atoms with Gasteiger partial charge >= 0.3 is 6.03 Å². The molecule has 1 unspecified atom stereocenters. The topological polar surface area (TPSA) is 88.5 Å². The number of rotatable bonds is 4. The molecule has 0 aliphatic carbocycles. The van der Waals surface area contributed by atoms with E-state index in [1.807, 2.05) is 37.4 Å². The van der Waals surface area contributed by atoms with Crippen molar-refractivity contribution in [3.63, 3.8) is 0 Å². The van der Waals surface area contributed by atoms with Gasteiger partial charge in [-0.25, -0.2) is 9.48 Å². The number of methoxy groups -OCH3 is 1. The second-order valence-electron chi connectivity index (χ2n) is 6.21. The van der Waals surface area contributed by atoms with E-state index < -0.39 is 0 Å². The second-order valence-corrected chi connectivity index (χ2v) is 6.21. The minimum absolute atomic E-state index is 0.0870. The molecule has 8 nitrogen and oxygen atoms in total. The Morgan fingerprint density at radius 3 is 2.85 bits per heavy atom. The summed E-state index contributed by atoms with van der Waals surface area (Å²) < 4.78 is 6.90. The Hall–Kier alpha value is -3.03. The van der Waals surface area contributed by atoms with Gasteiger partial charge in [0, 0.05) is 24.8 Å². The number of hydrogen-bond acceptors (Lipinski definition) is 4. The predicted molar refractivity (Wildman–Crippen MR) is 96.3 cm³/mol. The normalized spacial score (nSPS) is 15.8. The zero-order valence-corrected chi connectivity index (χ0v) is 14.9. The first-order chi connectivity index (χ1) is 12.6. The van der Waals surface area contributed by atoms with Crippen LogP contribution < -0.4 is 15.4 Å².